The minimum Gasteiger partial charge on any atom is -0.490 e. The molecule has 2 aromatic carbocycles. The third-order valence-electron chi connectivity index (χ3n) is 3.69. The highest BCUT2D eigenvalue weighted by Gasteiger charge is 2.22. The number of sulfonamides is 1. The van der Waals surface area contributed by atoms with E-state index in [4.69, 9.17) is 9.15 Å². The lowest BCUT2D eigenvalue weighted by atomic mass is 10.2. The first-order chi connectivity index (χ1) is 11.9. The highest BCUT2D eigenvalue weighted by Crippen LogP contribution is 2.31. The molecule has 1 atom stereocenters. The quantitative estimate of drug-likeness (QED) is 0.718. The molecule has 25 heavy (non-hydrogen) atoms. The maximum atomic E-state index is 13.3. The highest BCUT2D eigenvalue weighted by atomic mass is 32.2. The van der Waals surface area contributed by atoms with Crippen LogP contribution in [0.1, 0.15) is 25.6 Å². The second-order valence-corrected chi connectivity index (χ2v) is 7.27. The Hall–Kier alpha value is -2.38. The number of nitrogens with one attached hydrogen (secondary N) is 1. The smallest absolute Gasteiger partial charge is 0.241 e. The lowest BCUT2D eigenvalue weighted by Gasteiger charge is -2.12. The van der Waals surface area contributed by atoms with E-state index < -0.39 is 21.9 Å². The Morgan fingerprint density at radius 2 is 1.96 bits per heavy atom. The molecule has 0 bridgehead atoms. The van der Waals surface area contributed by atoms with Crippen molar-refractivity contribution in [2.45, 2.75) is 24.8 Å². The molecule has 7 heteroatoms. The van der Waals surface area contributed by atoms with Crippen molar-refractivity contribution in [2.24, 2.45) is 0 Å². The second-order valence-electron chi connectivity index (χ2n) is 5.56. The van der Waals surface area contributed by atoms with Crippen molar-refractivity contribution >= 4 is 21.0 Å². The van der Waals surface area contributed by atoms with Crippen LogP contribution in [0.4, 0.5) is 4.39 Å². The maximum Gasteiger partial charge on any atom is 0.241 e. The summed E-state index contributed by atoms with van der Waals surface area (Å²) in [5.41, 5.74) is 0.566. The minimum atomic E-state index is -3.87. The molecule has 0 aliphatic carbocycles. The van der Waals surface area contributed by atoms with Crippen LogP contribution in [0.25, 0.3) is 11.0 Å². The van der Waals surface area contributed by atoms with E-state index in [1.165, 1.54) is 18.2 Å². The van der Waals surface area contributed by atoms with Crippen LogP contribution in [-0.4, -0.2) is 15.0 Å². The van der Waals surface area contributed by atoms with Gasteiger partial charge in [-0.2, -0.15) is 0 Å². The maximum absolute atomic E-state index is 13.3. The molecule has 0 radical (unpaired) electrons. The van der Waals surface area contributed by atoms with Crippen LogP contribution >= 0.6 is 0 Å². The molecule has 0 unspecified atom stereocenters. The summed E-state index contributed by atoms with van der Waals surface area (Å²) in [5.74, 6) is 0.439. The molecule has 3 rings (SSSR count). The average molecular weight is 363 g/mol. The number of furan rings is 1. The van der Waals surface area contributed by atoms with Crippen molar-refractivity contribution < 1.29 is 22.0 Å². The minimum absolute atomic E-state index is 0.134. The Morgan fingerprint density at radius 3 is 2.68 bits per heavy atom. The van der Waals surface area contributed by atoms with E-state index in [0.29, 0.717) is 23.7 Å². The summed E-state index contributed by atoms with van der Waals surface area (Å²) in [6, 6.07) is 11.5. The van der Waals surface area contributed by atoms with Crippen molar-refractivity contribution in [2.75, 3.05) is 6.61 Å². The number of ether oxygens (including phenoxy) is 1. The van der Waals surface area contributed by atoms with E-state index in [2.05, 4.69) is 4.72 Å². The van der Waals surface area contributed by atoms with E-state index >= 15 is 0 Å². The zero-order valence-corrected chi connectivity index (χ0v) is 14.6. The summed E-state index contributed by atoms with van der Waals surface area (Å²) in [5, 5.41) is 0.817. The van der Waals surface area contributed by atoms with E-state index in [-0.39, 0.29) is 4.90 Å². The van der Waals surface area contributed by atoms with Crippen LogP contribution in [0.2, 0.25) is 0 Å². The van der Waals surface area contributed by atoms with Crippen molar-refractivity contribution in [1.82, 2.24) is 4.72 Å². The third kappa shape index (κ3) is 3.67. The molecule has 1 aromatic heterocycles. The molecular weight excluding hydrogens is 345 g/mol. The van der Waals surface area contributed by atoms with E-state index in [9.17, 15) is 12.8 Å². The molecule has 0 aliphatic heterocycles. The molecule has 0 fully saturated rings. The number of hydrogen-bond acceptors (Lipinski definition) is 4. The first-order valence-electron chi connectivity index (χ1n) is 7.84. The molecule has 132 valence electrons. The normalized spacial score (nSPS) is 13.1. The van der Waals surface area contributed by atoms with Gasteiger partial charge in [0, 0.05) is 5.39 Å². The summed E-state index contributed by atoms with van der Waals surface area (Å²) in [4.78, 5) is -0.134. The number of fused-ring (bicyclic) bond motifs is 1. The standard InChI is InChI=1S/C18H18FNO4S/c1-3-23-16-9-4-6-13-10-17(24-18(13)16)12(2)20-25(21,22)15-8-5-7-14(19)11-15/h4-12,20H,3H2,1-2H3/t12-/m1/s1. The zero-order valence-electron chi connectivity index (χ0n) is 13.8. The van der Waals surface area contributed by atoms with Gasteiger partial charge in [-0.3, -0.25) is 0 Å². The fraction of sp³-hybridized carbons (Fsp3) is 0.222. The Labute approximate surface area is 145 Å². The first-order valence-corrected chi connectivity index (χ1v) is 9.32. The van der Waals surface area contributed by atoms with Crippen molar-refractivity contribution in [1.29, 1.82) is 0 Å². The summed E-state index contributed by atoms with van der Waals surface area (Å²) in [7, 11) is -3.87. The fourth-order valence-corrected chi connectivity index (χ4v) is 3.77. The van der Waals surface area contributed by atoms with Crippen LogP contribution in [0.5, 0.6) is 5.75 Å². The van der Waals surface area contributed by atoms with Gasteiger partial charge >= 0.3 is 0 Å². The molecule has 0 saturated heterocycles. The van der Waals surface area contributed by atoms with Gasteiger partial charge in [0.05, 0.1) is 17.5 Å². The molecule has 3 aromatic rings. The lowest BCUT2D eigenvalue weighted by molar-refractivity contribution is 0.336. The highest BCUT2D eigenvalue weighted by molar-refractivity contribution is 7.89. The monoisotopic (exact) mass is 363 g/mol. The topological polar surface area (TPSA) is 68.5 Å². The molecular formula is C18H18FNO4S. The SMILES string of the molecule is CCOc1cccc2cc([C@@H](C)NS(=O)(=O)c3cccc(F)c3)oc12. The zero-order chi connectivity index (χ0) is 18.0. The van der Waals surface area contributed by atoms with Crippen molar-refractivity contribution in [3.05, 3.63) is 60.1 Å². The van der Waals surface area contributed by atoms with Gasteiger partial charge in [-0.05, 0) is 44.2 Å². The summed E-state index contributed by atoms with van der Waals surface area (Å²) in [6.07, 6.45) is 0. The fourth-order valence-electron chi connectivity index (χ4n) is 2.53. The predicted octanol–water partition coefficient (Wildman–Crippen LogP) is 4.01. The number of halogens is 1. The van der Waals surface area contributed by atoms with Crippen LogP contribution in [0.15, 0.2) is 57.8 Å². The van der Waals surface area contributed by atoms with Crippen LogP contribution < -0.4 is 9.46 Å². The van der Waals surface area contributed by atoms with Crippen molar-refractivity contribution in [3.63, 3.8) is 0 Å². The molecule has 1 N–H and O–H groups in total. The van der Waals surface area contributed by atoms with Crippen LogP contribution in [-0.2, 0) is 10.0 Å². The van der Waals surface area contributed by atoms with E-state index in [1.807, 2.05) is 19.1 Å². The molecule has 0 amide bonds. The van der Waals surface area contributed by atoms with Gasteiger partial charge < -0.3 is 9.15 Å². The Kier molecular flexibility index (Phi) is 4.78. The Bertz CT molecular complexity index is 997. The molecule has 5 nitrogen and oxygen atoms in total. The number of para-hydroxylation sites is 1. The van der Waals surface area contributed by atoms with Gasteiger partial charge in [0.1, 0.15) is 11.6 Å². The Balaban J connectivity index is 1.89. The van der Waals surface area contributed by atoms with Crippen molar-refractivity contribution in [3.8, 4) is 5.75 Å². The molecule has 0 spiro atoms. The molecule has 0 saturated carbocycles. The van der Waals surface area contributed by atoms with Gasteiger partial charge in [0.15, 0.2) is 11.3 Å². The largest absolute Gasteiger partial charge is 0.490 e. The van der Waals surface area contributed by atoms with Gasteiger partial charge in [-0.1, -0.05) is 18.2 Å². The Morgan fingerprint density at radius 1 is 1.20 bits per heavy atom. The lowest BCUT2D eigenvalue weighted by Crippen LogP contribution is -2.26. The third-order valence-corrected chi connectivity index (χ3v) is 5.23. The number of rotatable bonds is 6. The second kappa shape index (κ2) is 6.85. The van der Waals surface area contributed by atoms with Gasteiger partial charge in [0.2, 0.25) is 10.0 Å². The van der Waals surface area contributed by atoms with Crippen LogP contribution in [0, 0.1) is 5.82 Å². The van der Waals surface area contributed by atoms with E-state index in [0.717, 1.165) is 11.5 Å². The average Bonchev–Trinajstić information content (AvgIpc) is 3.00. The van der Waals surface area contributed by atoms with Gasteiger partial charge in [-0.15, -0.1) is 0 Å². The van der Waals surface area contributed by atoms with Gasteiger partial charge in [0.25, 0.3) is 0 Å². The van der Waals surface area contributed by atoms with E-state index in [1.54, 1.807) is 19.1 Å². The number of benzene rings is 2. The predicted molar refractivity (Wildman–Crippen MR) is 92.5 cm³/mol. The summed E-state index contributed by atoms with van der Waals surface area (Å²) >= 11 is 0. The molecule has 0 aliphatic rings. The summed E-state index contributed by atoms with van der Waals surface area (Å²) < 4.78 is 51.9. The summed E-state index contributed by atoms with van der Waals surface area (Å²) in [6.45, 7) is 4.03. The first kappa shape index (κ1) is 17.4. The number of hydrogen-bond donors (Lipinski definition) is 1. The molecule has 1 heterocycles. The van der Waals surface area contributed by atoms with Crippen LogP contribution in [0.3, 0.4) is 0 Å². The van der Waals surface area contributed by atoms with Gasteiger partial charge in [-0.25, -0.2) is 17.5 Å².